The summed E-state index contributed by atoms with van der Waals surface area (Å²) in [4.78, 5) is 4.71. The third kappa shape index (κ3) is 3.63. The summed E-state index contributed by atoms with van der Waals surface area (Å²) in [7, 11) is -3.76. The maximum Gasteiger partial charge on any atom is 0.238 e. The van der Waals surface area contributed by atoms with Gasteiger partial charge in [0.05, 0.1) is 15.9 Å². The highest BCUT2D eigenvalue weighted by Crippen LogP contribution is 2.28. The van der Waals surface area contributed by atoms with Gasteiger partial charge in [0.25, 0.3) is 0 Å². The molecule has 0 unspecified atom stereocenters. The fourth-order valence-electron chi connectivity index (χ4n) is 2.81. The Morgan fingerprint density at radius 3 is 2.58 bits per heavy atom. The SMILES string of the molecule is C=CCOc1ccc(-c2nc3cc(S(N)(=O)=O)ccc3n2CCC)cc1. The van der Waals surface area contributed by atoms with Gasteiger partial charge in [0, 0.05) is 12.1 Å². The van der Waals surface area contributed by atoms with E-state index >= 15 is 0 Å². The minimum Gasteiger partial charge on any atom is -0.490 e. The van der Waals surface area contributed by atoms with E-state index < -0.39 is 10.0 Å². The van der Waals surface area contributed by atoms with Crippen molar-refractivity contribution in [3.05, 3.63) is 55.1 Å². The molecular formula is C19H21N3O3S. The number of ether oxygens (including phenoxy) is 1. The molecule has 0 saturated carbocycles. The molecule has 0 radical (unpaired) electrons. The number of aromatic nitrogens is 2. The lowest BCUT2D eigenvalue weighted by Gasteiger charge is -2.09. The smallest absolute Gasteiger partial charge is 0.238 e. The highest BCUT2D eigenvalue weighted by Gasteiger charge is 2.15. The fraction of sp³-hybridized carbons (Fsp3) is 0.211. The Hall–Kier alpha value is -2.64. The molecule has 3 aromatic rings. The number of nitrogens with zero attached hydrogens (tertiary/aromatic N) is 2. The van der Waals surface area contributed by atoms with E-state index in [-0.39, 0.29) is 4.90 Å². The van der Waals surface area contributed by atoms with Gasteiger partial charge in [-0.25, -0.2) is 18.5 Å². The molecule has 0 atom stereocenters. The average molecular weight is 371 g/mol. The van der Waals surface area contributed by atoms with Crippen LogP contribution >= 0.6 is 0 Å². The molecule has 2 aromatic carbocycles. The van der Waals surface area contributed by atoms with E-state index in [1.165, 1.54) is 12.1 Å². The molecule has 7 heteroatoms. The Balaban J connectivity index is 2.09. The number of rotatable bonds is 7. The number of sulfonamides is 1. The van der Waals surface area contributed by atoms with Crippen LogP contribution in [0.4, 0.5) is 0 Å². The van der Waals surface area contributed by atoms with Gasteiger partial charge in [0.15, 0.2) is 0 Å². The first-order valence-corrected chi connectivity index (χ1v) is 9.86. The van der Waals surface area contributed by atoms with E-state index in [1.54, 1.807) is 12.1 Å². The largest absolute Gasteiger partial charge is 0.490 e. The highest BCUT2D eigenvalue weighted by molar-refractivity contribution is 7.89. The second kappa shape index (κ2) is 7.31. The number of imidazole rings is 1. The summed E-state index contributed by atoms with van der Waals surface area (Å²) < 4.78 is 30.8. The molecule has 6 nitrogen and oxygen atoms in total. The van der Waals surface area contributed by atoms with Crippen LogP contribution < -0.4 is 9.88 Å². The van der Waals surface area contributed by atoms with E-state index in [2.05, 4.69) is 23.1 Å². The Labute approximate surface area is 153 Å². The van der Waals surface area contributed by atoms with Crippen molar-refractivity contribution in [1.29, 1.82) is 0 Å². The molecular weight excluding hydrogens is 350 g/mol. The maximum absolute atomic E-state index is 11.6. The van der Waals surface area contributed by atoms with Gasteiger partial charge < -0.3 is 9.30 Å². The van der Waals surface area contributed by atoms with E-state index in [0.29, 0.717) is 12.1 Å². The lowest BCUT2D eigenvalue weighted by Crippen LogP contribution is -2.11. The Bertz CT molecular complexity index is 1040. The summed E-state index contributed by atoms with van der Waals surface area (Å²) in [5.41, 5.74) is 2.41. The van der Waals surface area contributed by atoms with Crippen LogP contribution in [0.25, 0.3) is 22.4 Å². The molecule has 0 aliphatic carbocycles. The van der Waals surface area contributed by atoms with E-state index in [9.17, 15) is 8.42 Å². The van der Waals surface area contributed by atoms with Gasteiger partial charge in [-0.1, -0.05) is 19.6 Å². The predicted octanol–water partition coefficient (Wildman–Crippen LogP) is 3.33. The van der Waals surface area contributed by atoms with Crippen LogP contribution in [0.2, 0.25) is 0 Å². The van der Waals surface area contributed by atoms with Crippen LogP contribution in [0.15, 0.2) is 60.0 Å². The predicted molar refractivity (Wildman–Crippen MR) is 103 cm³/mol. The van der Waals surface area contributed by atoms with E-state index in [1.807, 2.05) is 24.3 Å². The number of hydrogen-bond acceptors (Lipinski definition) is 4. The lowest BCUT2D eigenvalue weighted by atomic mass is 10.2. The summed E-state index contributed by atoms with van der Waals surface area (Å²) in [6.07, 6.45) is 2.62. The molecule has 0 spiro atoms. The quantitative estimate of drug-likeness (QED) is 0.645. The topological polar surface area (TPSA) is 87.2 Å². The zero-order valence-electron chi connectivity index (χ0n) is 14.6. The van der Waals surface area contributed by atoms with Gasteiger partial charge >= 0.3 is 0 Å². The van der Waals surface area contributed by atoms with Crippen LogP contribution in [0, 0.1) is 0 Å². The van der Waals surface area contributed by atoms with E-state index in [4.69, 9.17) is 9.88 Å². The molecule has 0 aliphatic heterocycles. The number of aryl methyl sites for hydroxylation is 1. The standard InChI is InChI=1S/C19H21N3O3S/c1-3-11-22-18-10-9-16(26(20,23)24)13-17(18)21-19(22)14-5-7-15(8-6-14)25-12-4-2/h4-10,13H,2-3,11-12H2,1H3,(H2,20,23,24). The number of primary sulfonamides is 1. The Kier molecular flexibility index (Phi) is 5.11. The van der Waals surface area contributed by atoms with Crippen molar-refractivity contribution in [2.45, 2.75) is 24.8 Å². The molecule has 0 amide bonds. The number of nitrogens with two attached hydrogens (primary N) is 1. The minimum atomic E-state index is -3.76. The third-order valence-electron chi connectivity index (χ3n) is 3.98. The van der Waals surface area contributed by atoms with Gasteiger partial charge in [0.2, 0.25) is 10.0 Å². The molecule has 0 saturated heterocycles. The van der Waals surface area contributed by atoms with Crippen molar-refractivity contribution in [1.82, 2.24) is 9.55 Å². The normalized spacial score (nSPS) is 11.6. The van der Waals surface area contributed by atoms with Crippen LogP contribution in [0.3, 0.4) is 0 Å². The first-order valence-electron chi connectivity index (χ1n) is 8.31. The number of fused-ring (bicyclic) bond motifs is 1. The molecule has 26 heavy (non-hydrogen) atoms. The van der Waals surface area contributed by atoms with Crippen molar-refractivity contribution in [2.75, 3.05) is 6.61 Å². The van der Waals surface area contributed by atoms with Gasteiger partial charge in [-0.15, -0.1) is 0 Å². The van der Waals surface area contributed by atoms with Crippen molar-refractivity contribution >= 4 is 21.1 Å². The summed E-state index contributed by atoms with van der Waals surface area (Å²) >= 11 is 0. The second-order valence-electron chi connectivity index (χ2n) is 5.91. The first-order chi connectivity index (χ1) is 12.4. The summed E-state index contributed by atoms with van der Waals surface area (Å²) in [5.74, 6) is 1.53. The minimum absolute atomic E-state index is 0.0610. The van der Waals surface area contributed by atoms with Gasteiger partial charge in [-0.05, 0) is 48.9 Å². The average Bonchev–Trinajstić information content (AvgIpc) is 2.98. The molecule has 1 aromatic heterocycles. The highest BCUT2D eigenvalue weighted by atomic mass is 32.2. The van der Waals surface area contributed by atoms with Crippen LogP contribution in [0.1, 0.15) is 13.3 Å². The monoisotopic (exact) mass is 371 g/mol. The van der Waals surface area contributed by atoms with E-state index in [0.717, 1.165) is 35.6 Å². The molecule has 3 rings (SSSR count). The van der Waals surface area contributed by atoms with Crippen molar-refractivity contribution in [2.24, 2.45) is 5.14 Å². The Morgan fingerprint density at radius 1 is 1.23 bits per heavy atom. The molecule has 1 heterocycles. The molecule has 0 aliphatic rings. The summed E-state index contributed by atoms with van der Waals surface area (Å²) in [5, 5.41) is 5.24. The maximum atomic E-state index is 11.6. The second-order valence-corrected chi connectivity index (χ2v) is 7.47. The van der Waals surface area contributed by atoms with Crippen molar-refractivity contribution in [3.8, 4) is 17.1 Å². The molecule has 2 N–H and O–H groups in total. The Morgan fingerprint density at radius 2 is 1.96 bits per heavy atom. The van der Waals surface area contributed by atoms with Crippen LogP contribution in [-0.2, 0) is 16.6 Å². The first kappa shape index (κ1) is 18.2. The fourth-order valence-corrected chi connectivity index (χ4v) is 3.35. The van der Waals surface area contributed by atoms with Crippen LogP contribution in [-0.4, -0.2) is 24.6 Å². The molecule has 136 valence electrons. The summed E-state index contributed by atoms with van der Waals surface area (Å²) in [6.45, 7) is 6.94. The van der Waals surface area contributed by atoms with Crippen LogP contribution in [0.5, 0.6) is 5.75 Å². The summed E-state index contributed by atoms with van der Waals surface area (Å²) in [6, 6.07) is 12.4. The zero-order valence-corrected chi connectivity index (χ0v) is 15.4. The lowest BCUT2D eigenvalue weighted by molar-refractivity contribution is 0.363. The molecule has 0 fully saturated rings. The molecule has 0 bridgehead atoms. The van der Waals surface area contributed by atoms with Gasteiger partial charge in [-0.3, -0.25) is 0 Å². The van der Waals surface area contributed by atoms with Gasteiger partial charge in [0.1, 0.15) is 18.2 Å². The number of benzene rings is 2. The van der Waals surface area contributed by atoms with Crippen molar-refractivity contribution in [3.63, 3.8) is 0 Å². The van der Waals surface area contributed by atoms with Gasteiger partial charge in [-0.2, -0.15) is 0 Å². The third-order valence-corrected chi connectivity index (χ3v) is 4.89. The van der Waals surface area contributed by atoms with Crippen molar-refractivity contribution < 1.29 is 13.2 Å². The number of hydrogen-bond donors (Lipinski definition) is 1. The zero-order chi connectivity index (χ0) is 18.7.